The summed E-state index contributed by atoms with van der Waals surface area (Å²) >= 11 is 1.83. The largest absolute Gasteiger partial charge is 0.339 e. The molecule has 2 amide bonds. The molecule has 2 N–H and O–H groups in total. The van der Waals surface area contributed by atoms with Gasteiger partial charge in [-0.3, -0.25) is 4.84 Å². The Hall–Kier alpha value is -1.98. The van der Waals surface area contributed by atoms with Crippen molar-refractivity contribution in [3.05, 3.63) is 65.7 Å². The molecule has 5 heteroatoms. The number of hydrogen-bond donors (Lipinski definition) is 2. The Morgan fingerprint density at radius 1 is 1.14 bits per heavy atom. The lowest BCUT2D eigenvalue weighted by atomic mass is 10.0. The Balaban J connectivity index is 1.50. The summed E-state index contributed by atoms with van der Waals surface area (Å²) in [5.41, 5.74) is 4.65. The van der Waals surface area contributed by atoms with E-state index < -0.39 is 0 Å². The van der Waals surface area contributed by atoms with Gasteiger partial charge in [0.05, 0.1) is 12.6 Å². The molecule has 1 aliphatic rings. The zero-order chi connectivity index (χ0) is 15.2. The summed E-state index contributed by atoms with van der Waals surface area (Å²) in [5.74, 6) is 1.01. The van der Waals surface area contributed by atoms with Crippen molar-refractivity contribution < 1.29 is 9.63 Å². The maximum Gasteiger partial charge on any atom is 0.339 e. The second-order valence-electron chi connectivity index (χ2n) is 5.08. The number of nitrogens with one attached hydrogen (secondary N) is 2. The van der Waals surface area contributed by atoms with Crippen LogP contribution in [0.4, 0.5) is 4.79 Å². The molecule has 1 atom stereocenters. The number of rotatable bonds is 4. The molecule has 2 aromatic rings. The zero-order valence-corrected chi connectivity index (χ0v) is 12.9. The molecular weight excluding hydrogens is 296 g/mol. The molecule has 114 valence electrons. The van der Waals surface area contributed by atoms with Crippen LogP contribution in [0.5, 0.6) is 0 Å². The normalized spacial score (nSPS) is 16.6. The van der Waals surface area contributed by atoms with Gasteiger partial charge in [-0.05, 0) is 23.6 Å². The molecule has 0 bridgehead atoms. The summed E-state index contributed by atoms with van der Waals surface area (Å²) in [6.45, 7) is 0.353. The number of amides is 2. The van der Waals surface area contributed by atoms with E-state index in [-0.39, 0.29) is 12.1 Å². The van der Waals surface area contributed by atoms with Gasteiger partial charge >= 0.3 is 6.03 Å². The van der Waals surface area contributed by atoms with Gasteiger partial charge in [0.15, 0.2) is 0 Å². The Labute approximate surface area is 134 Å². The maximum absolute atomic E-state index is 12.0. The van der Waals surface area contributed by atoms with E-state index in [1.54, 1.807) is 0 Å². The molecule has 0 aromatic heterocycles. The van der Waals surface area contributed by atoms with Crippen molar-refractivity contribution in [2.75, 3.05) is 5.75 Å². The molecule has 0 fully saturated rings. The molecule has 1 unspecified atom stereocenters. The van der Waals surface area contributed by atoms with Gasteiger partial charge < -0.3 is 5.32 Å². The second-order valence-corrected chi connectivity index (χ2v) is 6.21. The van der Waals surface area contributed by atoms with Gasteiger partial charge in [0.1, 0.15) is 0 Å². The molecule has 3 rings (SSSR count). The van der Waals surface area contributed by atoms with Crippen molar-refractivity contribution in [1.29, 1.82) is 0 Å². The van der Waals surface area contributed by atoms with E-state index in [0.717, 1.165) is 17.7 Å². The van der Waals surface area contributed by atoms with Gasteiger partial charge in [0.2, 0.25) is 0 Å². The Morgan fingerprint density at radius 2 is 1.91 bits per heavy atom. The van der Waals surface area contributed by atoms with Gasteiger partial charge in [0, 0.05) is 10.6 Å². The number of hydroxylamine groups is 1. The number of benzene rings is 2. The number of urea groups is 1. The highest BCUT2D eigenvalue weighted by Crippen LogP contribution is 2.35. The smallest absolute Gasteiger partial charge is 0.330 e. The predicted octanol–water partition coefficient (Wildman–Crippen LogP) is 3.65. The van der Waals surface area contributed by atoms with Gasteiger partial charge in [0.25, 0.3) is 0 Å². The molecule has 0 saturated heterocycles. The third-order valence-corrected chi connectivity index (χ3v) is 4.63. The molecular formula is C17H18N2O2S. The lowest BCUT2D eigenvalue weighted by Crippen LogP contribution is -2.38. The van der Waals surface area contributed by atoms with Crippen LogP contribution in [-0.4, -0.2) is 11.8 Å². The highest BCUT2D eigenvalue weighted by Gasteiger charge is 2.21. The van der Waals surface area contributed by atoms with Crippen LogP contribution in [0, 0.1) is 0 Å². The first-order valence-corrected chi connectivity index (χ1v) is 8.25. The SMILES string of the molecule is O=C(NOCc1ccccc1)NC1CCSc2ccccc21. The van der Waals surface area contributed by atoms with Crippen LogP contribution in [-0.2, 0) is 11.4 Å². The van der Waals surface area contributed by atoms with E-state index >= 15 is 0 Å². The van der Waals surface area contributed by atoms with Gasteiger partial charge in [-0.1, -0.05) is 48.5 Å². The van der Waals surface area contributed by atoms with Crippen molar-refractivity contribution in [3.63, 3.8) is 0 Å². The van der Waals surface area contributed by atoms with Crippen molar-refractivity contribution in [3.8, 4) is 0 Å². The van der Waals surface area contributed by atoms with Crippen LogP contribution >= 0.6 is 11.8 Å². The van der Waals surface area contributed by atoms with Gasteiger partial charge in [-0.25, -0.2) is 10.3 Å². The Bertz CT molecular complexity index is 634. The average Bonchev–Trinajstić information content (AvgIpc) is 2.56. The van der Waals surface area contributed by atoms with E-state index in [2.05, 4.69) is 22.9 Å². The molecule has 4 nitrogen and oxygen atoms in total. The standard InChI is InChI=1S/C17H18N2O2S/c20-17(19-21-12-13-6-2-1-3-7-13)18-15-10-11-22-16-9-5-4-8-14(15)16/h1-9,15H,10-12H2,(H2,18,19,20). The Morgan fingerprint density at radius 3 is 2.77 bits per heavy atom. The lowest BCUT2D eigenvalue weighted by Gasteiger charge is -2.25. The maximum atomic E-state index is 12.0. The first kappa shape index (κ1) is 14.9. The van der Waals surface area contributed by atoms with Crippen LogP contribution in [0.2, 0.25) is 0 Å². The zero-order valence-electron chi connectivity index (χ0n) is 12.1. The summed E-state index contributed by atoms with van der Waals surface area (Å²) in [6.07, 6.45) is 0.924. The van der Waals surface area contributed by atoms with Crippen molar-refractivity contribution in [1.82, 2.24) is 10.8 Å². The number of carbonyl (C=O) groups is 1. The quantitative estimate of drug-likeness (QED) is 0.847. The second kappa shape index (κ2) is 7.33. The first-order chi connectivity index (χ1) is 10.8. The minimum atomic E-state index is -0.303. The number of carbonyl (C=O) groups excluding carboxylic acids is 1. The molecule has 0 saturated carbocycles. The van der Waals surface area contributed by atoms with Crippen LogP contribution in [0.25, 0.3) is 0 Å². The van der Waals surface area contributed by atoms with Gasteiger partial charge in [-0.15, -0.1) is 11.8 Å². The average molecular weight is 314 g/mol. The van der Waals surface area contributed by atoms with E-state index in [0.29, 0.717) is 6.61 Å². The fraction of sp³-hybridized carbons (Fsp3) is 0.235. The summed E-state index contributed by atoms with van der Waals surface area (Å²) in [4.78, 5) is 18.4. The number of fused-ring (bicyclic) bond motifs is 1. The van der Waals surface area contributed by atoms with Crippen LogP contribution < -0.4 is 10.8 Å². The fourth-order valence-electron chi connectivity index (χ4n) is 2.44. The monoisotopic (exact) mass is 314 g/mol. The third-order valence-electron chi connectivity index (χ3n) is 3.51. The lowest BCUT2D eigenvalue weighted by molar-refractivity contribution is 0.0480. The molecule has 22 heavy (non-hydrogen) atoms. The first-order valence-electron chi connectivity index (χ1n) is 7.27. The molecule has 1 aliphatic heterocycles. The summed E-state index contributed by atoms with van der Waals surface area (Å²) in [7, 11) is 0. The minimum Gasteiger partial charge on any atom is -0.330 e. The van der Waals surface area contributed by atoms with Crippen LogP contribution in [0.3, 0.4) is 0 Å². The molecule has 0 aliphatic carbocycles. The van der Waals surface area contributed by atoms with Crippen LogP contribution in [0.15, 0.2) is 59.5 Å². The topological polar surface area (TPSA) is 50.4 Å². The van der Waals surface area contributed by atoms with Gasteiger partial charge in [-0.2, -0.15) is 0 Å². The van der Waals surface area contributed by atoms with E-state index in [1.165, 1.54) is 10.5 Å². The van der Waals surface area contributed by atoms with Crippen LogP contribution in [0.1, 0.15) is 23.6 Å². The minimum absolute atomic E-state index is 0.0396. The number of hydrogen-bond acceptors (Lipinski definition) is 3. The fourth-order valence-corrected chi connectivity index (χ4v) is 3.56. The molecule has 1 heterocycles. The molecule has 2 aromatic carbocycles. The van der Waals surface area contributed by atoms with Crippen molar-refractivity contribution in [2.45, 2.75) is 24.0 Å². The highest BCUT2D eigenvalue weighted by atomic mass is 32.2. The summed E-state index contributed by atoms with van der Waals surface area (Å²) < 4.78 is 0. The van der Waals surface area contributed by atoms with E-state index in [4.69, 9.17) is 4.84 Å². The Kier molecular flexibility index (Phi) is 4.98. The predicted molar refractivity (Wildman–Crippen MR) is 87.4 cm³/mol. The van der Waals surface area contributed by atoms with E-state index in [1.807, 2.05) is 54.2 Å². The molecule has 0 radical (unpaired) electrons. The van der Waals surface area contributed by atoms with Crippen molar-refractivity contribution in [2.24, 2.45) is 0 Å². The third kappa shape index (κ3) is 3.81. The van der Waals surface area contributed by atoms with E-state index in [9.17, 15) is 4.79 Å². The summed E-state index contributed by atoms with van der Waals surface area (Å²) in [6, 6.07) is 17.7. The molecule has 0 spiro atoms. The highest BCUT2D eigenvalue weighted by molar-refractivity contribution is 7.99. The van der Waals surface area contributed by atoms with Crippen molar-refractivity contribution >= 4 is 17.8 Å². The summed E-state index contributed by atoms with van der Waals surface area (Å²) in [5, 5.41) is 2.97. The number of thioether (sulfide) groups is 1.